The largest absolute Gasteiger partial charge is 0.480 e. The van der Waals surface area contributed by atoms with Crippen LogP contribution in [0, 0.1) is 0 Å². The van der Waals surface area contributed by atoms with Gasteiger partial charge in [-0.1, -0.05) is 0 Å². The van der Waals surface area contributed by atoms with Crippen LogP contribution in [0.1, 0.15) is 41.6 Å². The number of carbonyl (C=O) groups is 3. The van der Waals surface area contributed by atoms with Gasteiger partial charge < -0.3 is 14.6 Å². The number of carbonyl (C=O) groups excluding carboxylic acids is 2. The molecule has 0 spiro atoms. The SMILES string of the molecule is COC(=O)c1ccc2c(c1)c(C(=O)OC(C)(C)C)nn2CC(=O)O. The minimum absolute atomic E-state index is 0.0491. The molecule has 2 aromatic rings. The molecule has 0 saturated heterocycles. The number of benzene rings is 1. The first-order valence-electron chi connectivity index (χ1n) is 7.16. The molecule has 8 heteroatoms. The number of carboxylic acids is 1. The minimum Gasteiger partial charge on any atom is -0.480 e. The van der Waals surface area contributed by atoms with Crippen molar-refractivity contribution in [1.29, 1.82) is 0 Å². The normalized spacial score (nSPS) is 11.3. The molecule has 2 rings (SSSR count). The van der Waals surface area contributed by atoms with Crippen LogP contribution in [0.5, 0.6) is 0 Å². The molecule has 0 aliphatic rings. The van der Waals surface area contributed by atoms with Gasteiger partial charge in [-0.2, -0.15) is 5.10 Å². The number of methoxy groups -OCH3 is 1. The summed E-state index contributed by atoms with van der Waals surface area (Å²) in [6.07, 6.45) is 0. The van der Waals surface area contributed by atoms with Gasteiger partial charge in [-0.05, 0) is 39.0 Å². The summed E-state index contributed by atoms with van der Waals surface area (Å²) in [5.74, 6) is -2.37. The van der Waals surface area contributed by atoms with Crippen molar-refractivity contribution in [3.05, 3.63) is 29.5 Å². The van der Waals surface area contributed by atoms with Crippen LogP contribution >= 0.6 is 0 Å². The van der Waals surface area contributed by atoms with Gasteiger partial charge in [0.2, 0.25) is 0 Å². The molecule has 0 unspecified atom stereocenters. The maximum absolute atomic E-state index is 12.4. The highest BCUT2D eigenvalue weighted by atomic mass is 16.6. The summed E-state index contributed by atoms with van der Waals surface area (Å²) in [6.45, 7) is 4.71. The molecular weight excluding hydrogens is 316 g/mol. The average Bonchev–Trinajstić information content (AvgIpc) is 2.82. The van der Waals surface area contributed by atoms with Crippen molar-refractivity contribution < 1.29 is 29.0 Å². The highest BCUT2D eigenvalue weighted by Crippen LogP contribution is 2.23. The lowest BCUT2D eigenvalue weighted by atomic mass is 10.1. The summed E-state index contributed by atoms with van der Waals surface area (Å²) in [5.41, 5.74) is -0.150. The molecule has 128 valence electrons. The van der Waals surface area contributed by atoms with Gasteiger partial charge in [-0.3, -0.25) is 9.48 Å². The molecule has 0 saturated carbocycles. The molecule has 0 fully saturated rings. The van der Waals surface area contributed by atoms with Gasteiger partial charge >= 0.3 is 17.9 Å². The van der Waals surface area contributed by atoms with E-state index in [2.05, 4.69) is 9.84 Å². The third-order valence-electron chi connectivity index (χ3n) is 3.05. The average molecular weight is 334 g/mol. The molecule has 1 heterocycles. The Morgan fingerprint density at radius 1 is 1.21 bits per heavy atom. The van der Waals surface area contributed by atoms with Crippen molar-refractivity contribution in [3.8, 4) is 0 Å². The van der Waals surface area contributed by atoms with Crippen molar-refractivity contribution >= 4 is 28.8 Å². The maximum atomic E-state index is 12.4. The zero-order chi connectivity index (χ0) is 18.1. The zero-order valence-electron chi connectivity index (χ0n) is 13.8. The van der Waals surface area contributed by atoms with Crippen LogP contribution in [0.3, 0.4) is 0 Å². The quantitative estimate of drug-likeness (QED) is 0.850. The third kappa shape index (κ3) is 3.70. The minimum atomic E-state index is -1.10. The molecule has 0 amide bonds. The number of fused-ring (bicyclic) bond motifs is 1. The van der Waals surface area contributed by atoms with Crippen LogP contribution in [0.25, 0.3) is 10.9 Å². The number of hydrogen-bond acceptors (Lipinski definition) is 6. The van der Waals surface area contributed by atoms with Crippen LogP contribution in [-0.2, 0) is 20.8 Å². The number of rotatable bonds is 4. The molecule has 0 aliphatic heterocycles. The van der Waals surface area contributed by atoms with Crippen LogP contribution in [0.4, 0.5) is 0 Å². The third-order valence-corrected chi connectivity index (χ3v) is 3.05. The van der Waals surface area contributed by atoms with Crippen LogP contribution in [0.15, 0.2) is 18.2 Å². The van der Waals surface area contributed by atoms with E-state index in [1.165, 1.54) is 30.0 Å². The van der Waals surface area contributed by atoms with E-state index in [4.69, 9.17) is 9.84 Å². The lowest BCUT2D eigenvalue weighted by Gasteiger charge is -2.18. The summed E-state index contributed by atoms with van der Waals surface area (Å²) < 4.78 is 11.1. The predicted octanol–water partition coefficient (Wildman–Crippen LogP) is 1.86. The van der Waals surface area contributed by atoms with E-state index in [0.717, 1.165) is 0 Å². The van der Waals surface area contributed by atoms with Gasteiger partial charge in [-0.15, -0.1) is 0 Å². The van der Waals surface area contributed by atoms with E-state index in [0.29, 0.717) is 10.9 Å². The number of nitrogens with zero attached hydrogens (tertiary/aromatic N) is 2. The molecule has 1 N–H and O–H groups in total. The first-order valence-corrected chi connectivity index (χ1v) is 7.16. The molecule has 1 aromatic heterocycles. The summed E-state index contributed by atoms with van der Waals surface area (Å²) in [5, 5.41) is 13.4. The van der Waals surface area contributed by atoms with E-state index in [9.17, 15) is 14.4 Å². The summed E-state index contributed by atoms with van der Waals surface area (Å²) >= 11 is 0. The second kappa shape index (κ2) is 6.31. The number of aromatic nitrogens is 2. The van der Waals surface area contributed by atoms with Gasteiger partial charge in [-0.25, -0.2) is 9.59 Å². The Bertz CT molecular complexity index is 816. The first kappa shape index (κ1) is 17.5. The molecule has 24 heavy (non-hydrogen) atoms. The van der Waals surface area contributed by atoms with Crippen molar-refractivity contribution in [1.82, 2.24) is 9.78 Å². The van der Waals surface area contributed by atoms with E-state index < -0.39 is 30.1 Å². The second-order valence-corrected chi connectivity index (χ2v) is 6.13. The second-order valence-electron chi connectivity index (χ2n) is 6.13. The van der Waals surface area contributed by atoms with Crippen LogP contribution < -0.4 is 0 Å². The van der Waals surface area contributed by atoms with Gasteiger partial charge in [0.05, 0.1) is 18.2 Å². The van der Waals surface area contributed by atoms with E-state index in [1.54, 1.807) is 20.8 Å². The number of ether oxygens (including phenoxy) is 2. The van der Waals surface area contributed by atoms with Gasteiger partial charge in [0.15, 0.2) is 5.69 Å². The van der Waals surface area contributed by atoms with E-state index >= 15 is 0 Å². The Kier molecular flexibility index (Phi) is 4.59. The Morgan fingerprint density at radius 2 is 1.88 bits per heavy atom. The van der Waals surface area contributed by atoms with Gasteiger partial charge in [0, 0.05) is 5.39 Å². The smallest absolute Gasteiger partial charge is 0.360 e. The predicted molar refractivity (Wildman–Crippen MR) is 83.9 cm³/mol. The number of esters is 2. The van der Waals surface area contributed by atoms with Gasteiger partial charge in [0.1, 0.15) is 12.1 Å². The Balaban J connectivity index is 2.60. The van der Waals surface area contributed by atoms with E-state index in [-0.39, 0.29) is 11.3 Å². The van der Waals surface area contributed by atoms with Crippen LogP contribution in [0.2, 0.25) is 0 Å². The summed E-state index contributed by atoms with van der Waals surface area (Å²) in [6, 6.07) is 4.43. The van der Waals surface area contributed by atoms with Crippen LogP contribution in [-0.4, -0.2) is 45.5 Å². The Morgan fingerprint density at radius 3 is 2.42 bits per heavy atom. The standard InChI is InChI=1S/C16H18N2O6/c1-16(2,3)24-15(22)13-10-7-9(14(21)23-4)5-6-11(10)18(17-13)8-12(19)20/h5-7H,8H2,1-4H3,(H,19,20). The lowest BCUT2D eigenvalue weighted by Crippen LogP contribution is -2.24. The molecule has 0 bridgehead atoms. The fourth-order valence-corrected chi connectivity index (χ4v) is 2.15. The Hall–Kier alpha value is -2.90. The highest BCUT2D eigenvalue weighted by molar-refractivity contribution is 6.05. The summed E-state index contributed by atoms with van der Waals surface area (Å²) in [7, 11) is 1.25. The number of aliphatic carboxylic acids is 1. The molecule has 0 radical (unpaired) electrons. The first-order chi connectivity index (χ1) is 11.1. The lowest BCUT2D eigenvalue weighted by molar-refractivity contribution is -0.137. The number of carboxylic acid groups (broad SMARTS) is 1. The molecule has 0 atom stereocenters. The monoisotopic (exact) mass is 334 g/mol. The molecular formula is C16H18N2O6. The molecule has 8 nitrogen and oxygen atoms in total. The maximum Gasteiger partial charge on any atom is 0.360 e. The van der Waals surface area contributed by atoms with Crippen molar-refractivity contribution in [2.75, 3.05) is 7.11 Å². The molecule has 0 aliphatic carbocycles. The van der Waals surface area contributed by atoms with Crippen molar-refractivity contribution in [2.24, 2.45) is 0 Å². The van der Waals surface area contributed by atoms with Crippen molar-refractivity contribution in [3.63, 3.8) is 0 Å². The Labute approximate surface area is 138 Å². The van der Waals surface area contributed by atoms with E-state index in [1.807, 2.05) is 0 Å². The molecule has 1 aromatic carbocycles. The summed E-state index contributed by atoms with van der Waals surface area (Å²) in [4.78, 5) is 35.0. The highest BCUT2D eigenvalue weighted by Gasteiger charge is 2.25. The topological polar surface area (TPSA) is 108 Å². The fraction of sp³-hybridized carbons (Fsp3) is 0.375. The fourth-order valence-electron chi connectivity index (χ4n) is 2.15. The zero-order valence-corrected chi connectivity index (χ0v) is 13.8. The van der Waals surface area contributed by atoms with Crippen molar-refractivity contribution in [2.45, 2.75) is 32.9 Å². The number of hydrogen-bond donors (Lipinski definition) is 1. The van der Waals surface area contributed by atoms with Gasteiger partial charge in [0.25, 0.3) is 0 Å².